The minimum absolute atomic E-state index is 0.0474. The summed E-state index contributed by atoms with van der Waals surface area (Å²) in [7, 11) is 0. The Morgan fingerprint density at radius 3 is 2.77 bits per heavy atom. The lowest BCUT2D eigenvalue weighted by atomic mass is 10.1. The van der Waals surface area contributed by atoms with Crippen LogP contribution >= 0.6 is 0 Å². The summed E-state index contributed by atoms with van der Waals surface area (Å²) in [5.74, 6) is -0.180. The number of hydrogen-bond acceptors (Lipinski definition) is 4. The van der Waals surface area contributed by atoms with Crippen LogP contribution in [0.5, 0.6) is 0 Å². The first kappa shape index (κ1) is 15.9. The number of aryl methyl sites for hydroxylation is 1. The summed E-state index contributed by atoms with van der Waals surface area (Å²) in [4.78, 5) is 14.9. The van der Waals surface area contributed by atoms with E-state index in [0.717, 1.165) is 16.5 Å². The molecule has 0 fully saturated rings. The lowest BCUT2D eigenvalue weighted by Gasteiger charge is -2.19. The molecule has 0 saturated carbocycles. The Labute approximate surface area is 129 Å². The fraction of sp³-hybridized carbons (Fsp3) is 0.375. The number of benzene rings is 1. The van der Waals surface area contributed by atoms with Gasteiger partial charge < -0.3 is 20.7 Å². The monoisotopic (exact) mass is 303 g/mol. The van der Waals surface area contributed by atoms with Crippen LogP contribution in [0, 0.1) is 0 Å². The van der Waals surface area contributed by atoms with Crippen molar-refractivity contribution in [2.75, 3.05) is 0 Å². The third kappa shape index (κ3) is 3.58. The van der Waals surface area contributed by atoms with Crippen molar-refractivity contribution in [3.05, 3.63) is 35.5 Å². The molecule has 0 aliphatic heterocycles. The van der Waals surface area contributed by atoms with Crippen molar-refractivity contribution < 1.29 is 14.7 Å². The Balaban J connectivity index is 2.19. The smallest absolute Gasteiger partial charge is 0.306 e. The van der Waals surface area contributed by atoms with Crippen LogP contribution in [-0.4, -0.2) is 27.6 Å². The second kappa shape index (κ2) is 6.09. The summed E-state index contributed by atoms with van der Waals surface area (Å²) >= 11 is 0. The molecule has 0 radical (unpaired) electrons. The van der Waals surface area contributed by atoms with Gasteiger partial charge in [-0.15, -0.1) is 0 Å². The number of carbonyl (C=O) groups is 1. The Hall–Kier alpha value is -2.50. The van der Waals surface area contributed by atoms with Crippen molar-refractivity contribution in [3.63, 3.8) is 0 Å². The number of rotatable bonds is 4. The van der Waals surface area contributed by atoms with E-state index in [0.29, 0.717) is 18.4 Å². The second-order valence-corrected chi connectivity index (χ2v) is 6.11. The first-order valence-corrected chi connectivity index (χ1v) is 7.10. The van der Waals surface area contributed by atoms with Crippen molar-refractivity contribution in [1.29, 1.82) is 0 Å². The van der Waals surface area contributed by atoms with Crippen molar-refractivity contribution in [2.24, 2.45) is 10.9 Å². The summed E-state index contributed by atoms with van der Waals surface area (Å²) in [6.07, 6.45) is 2.70. The van der Waals surface area contributed by atoms with Crippen LogP contribution in [0.3, 0.4) is 0 Å². The highest BCUT2D eigenvalue weighted by Gasteiger charge is 2.17. The van der Waals surface area contributed by atoms with Gasteiger partial charge in [-0.25, -0.2) is 0 Å². The zero-order valence-corrected chi connectivity index (χ0v) is 13.0. The lowest BCUT2D eigenvalue weighted by molar-refractivity contribution is -0.154. The van der Waals surface area contributed by atoms with Gasteiger partial charge in [-0.2, -0.15) is 0 Å². The van der Waals surface area contributed by atoms with Crippen molar-refractivity contribution in [2.45, 2.75) is 39.2 Å². The molecular formula is C16H21N3O3. The van der Waals surface area contributed by atoms with Crippen LogP contribution in [0.1, 0.15) is 38.3 Å². The first-order chi connectivity index (χ1) is 10.3. The average molecular weight is 303 g/mol. The van der Waals surface area contributed by atoms with Gasteiger partial charge in [-0.05, 0) is 38.8 Å². The maximum atomic E-state index is 11.8. The number of nitrogens with one attached hydrogen (secondary N) is 1. The number of nitrogens with two attached hydrogens (primary N) is 1. The molecule has 6 nitrogen and oxygen atoms in total. The van der Waals surface area contributed by atoms with E-state index < -0.39 is 5.60 Å². The molecule has 4 N–H and O–H groups in total. The van der Waals surface area contributed by atoms with Crippen molar-refractivity contribution >= 4 is 22.7 Å². The minimum Gasteiger partial charge on any atom is -0.460 e. The molecule has 0 spiro atoms. The average Bonchev–Trinajstić information content (AvgIpc) is 2.85. The van der Waals surface area contributed by atoms with Gasteiger partial charge in [0, 0.05) is 23.6 Å². The number of hydrogen-bond donors (Lipinski definition) is 3. The molecule has 0 saturated heterocycles. The van der Waals surface area contributed by atoms with E-state index in [1.807, 2.05) is 39.1 Å². The van der Waals surface area contributed by atoms with Gasteiger partial charge in [0.25, 0.3) is 0 Å². The Kier molecular flexibility index (Phi) is 4.40. The molecule has 118 valence electrons. The Morgan fingerprint density at radius 1 is 1.41 bits per heavy atom. The van der Waals surface area contributed by atoms with E-state index in [1.165, 1.54) is 0 Å². The van der Waals surface area contributed by atoms with Crippen LogP contribution in [0.2, 0.25) is 0 Å². The van der Waals surface area contributed by atoms with Gasteiger partial charge in [0.05, 0.1) is 5.52 Å². The van der Waals surface area contributed by atoms with E-state index in [-0.39, 0.29) is 11.8 Å². The maximum absolute atomic E-state index is 11.8. The fourth-order valence-electron chi connectivity index (χ4n) is 2.32. The number of oxime groups is 1. The number of fused-ring (bicyclic) bond motifs is 1. The molecule has 6 heteroatoms. The lowest BCUT2D eigenvalue weighted by Crippen LogP contribution is -2.23. The number of aromatic nitrogens is 1. The summed E-state index contributed by atoms with van der Waals surface area (Å²) < 4.78 is 5.31. The molecule has 0 bridgehead atoms. The normalized spacial score (nSPS) is 12.6. The fourth-order valence-corrected chi connectivity index (χ4v) is 2.32. The number of amidine groups is 1. The Bertz CT molecular complexity index is 711. The number of aromatic amines is 1. The molecule has 2 rings (SSSR count). The van der Waals surface area contributed by atoms with Gasteiger partial charge in [0.15, 0.2) is 5.84 Å². The number of ether oxygens (including phenoxy) is 1. The maximum Gasteiger partial charge on any atom is 0.306 e. The molecule has 0 amide bonds. The summed E-state index contributed by atoms with van der Waals surface area (Å²) in [6.45, 7) is 5.54. The van der Waals surface area contributed by atoms with Gasteiger partial charge in [-0.1, -0.05) is 17.3 Å². The molecule has 1 heterocycles. The molecule has 0 unspecified atom stereocenters. The van der Waals surface area contributed by atoms with Crippen LogP contribution in [0.25, 0.3) is 10.9 Å². The number of para-hydroxylation sites is 1. The molecule has 0 aliphatic rings. The molecular weight excluding hydrogens is 282 g/mol. The molecule has 1 aromatic carbocycles. The first-order valence-electron chi connectivity index (χ1n) is 7.10. The van der Waals surface area contributed by atoms with Crippen molar-refractivity contribution in [1.82, 2.24) is 4.98 Å². The molecule has 0 atom stereocenters. The molecule has 0 aliphatic carbocycles. The number of esters is 1. The topological polar surface area (TPSA) is 101 Å². The Morgan fingerprint density at radius 2 is 2.14 bits per heavy atom. The van der Waals surface area contributed by atoms with Crippen LogP contribution < -0.4 is 5.73 Å². The van der Waals surface area contributed by atoms with Gasteiger partial charge in [-0.3, -0.25) is 4.79 Å². The van der Waals surface area contributed by atoms with Crippen LogP contribution in [0.4, 0.5) is 0 Å². The van der Waals surface area contributed by atoms with E-state index in [4.69, 9.17) is 15.7 Å². The molecule has 1 aromatic heterocycles. The predicted molar refractivity (Wildman–Crippen MR) is 85.0 cm³/mol. The quantitative estimate of drug-likeness (QED) is 0.265. The van der Waals surface area contributed by atoms with E-state index in [2.05, 4.69) is 10.1 Å². The molecule has 2 aromatic rings. The standard InChI is InChI=1S/C16H21N3O3/c1-16(2,3)22-13(20)8-7-10-9-18-14-11(10)5-4-6-12(14)15(17)19-21/h4-6,9,18,21H,7-8H2,1-3H3,(H2,17,19). The van der Waals surface area contributed by atoms with E-state index in [9.17, 15) is 4.79 Å². The van der Waals surface area contributed by atoms with E-state index >= 15 is 0 Å². The third-order valence-corrected chi connectivity index (χ3v) is 3.20. The van der Waals surface area contributed by atoms with Crippen LogP contribution in [0.15, 0.2) is 29.6 Å². The second-order valence-electron chi connectivity index (χ2n) is 6.11. The van der Waals surface area contributed by atoms with Crippen molar-refractivity contribution in [3.8, 4) is 0 Å². The third-order valence-electron chi connectivity index (χ3n) is 3.20. The summed E-state index contributed by atoms with van der Waals surface area (Å²) in [5.41, 5.74) is 7.60. The highest BCUT2D eigenvalue weighted by atomic mass is 16.6. The zero-order valence-electron chi connectivity index (χ0n) is 13.0. The van der Waals surface area contributed by atoms with Gasteiger partial charge in [0.1, 0.15) is 5.60 Å². The highest BCUT2D eigenvalue weighted by molar-refractivity contribution is 6.08. The van der Waals surface area contributed by atoms with Gasteiger partial charge >= 0.3 is 5.97 Å². The largest absolute Gasteiger partial charge is 0.460 e. The number of carbonyl (C=O) groups excluding carboxylic acids is 1. The molecule has 22 heavy (non-hydrogen) atoms. The number of nitrogens with zero attached hydrogens (tertiary/aromatic N) is 1. The minimum atomic E-state index is -0.476. The highest BCUT2D eigenvalue weighted by Crippen LogP contribution is 2.23. The zero-order chi connectivity index (χ0) is 16.3. The predicted octanol–water partition coefficient (Wildman–Crippen LogP) is 2.54. The van der Waals surface area contributed by atoms with Crippen LogP contribution in [-0.2, 0) is 16.0 Å². The number of H-pyrrole nitrogens is 1. The summed E-state index contributed by atoms with van der Waals surface area (Å²) in [6, 6.07) is 5.54. The van der Waals surface area contributed by atoms with E-state index in [1.54, 1.807) is 6.07 Å². The van der Waals surface area contributed by atoms with Gasteiger partial charge in [0.2, 0.25) is 0 Å². The SMILES string of the molecule is CC(C)(C)OC(=O)CCc1c[nH]c2c(C(N)=NO)cccc12. The summed E-state index contributed by atoms with van der Waals surface area (Å²) in [5, 5.41) is 12.8.